The molecule has 1 atom stereocenters. The Balaban J connectivity index is 2.07. The van der Waals surface area contributed by atoms with Crippen LogP contribution >= 0.6 is 11.8 Å². The molecule has 0 amide bonds. The average molecular weight is 219 g/mol. The molecule has 1 saturated carbocycles. The van der Waals surface area contributed by atoms with Gasteiger partial charge in [-0.05, 0) is 55.6 Å². The lowest BCUT2D eigenvalue weighted by Crippen LogP contribution is -2.05. The first kappa shape index (κ1) is 11.1. The van der Waals surface area contributed by atoms with E-state index in [0.717, 1.165) is 5.92 Å². The highest BCUT2D eigenvalue weighted by molar-refractivity contribution is 7.98. The molecule has 81 valence electrons. The summed E-state index contributed by atoms with van der Waals surface area (Å²) in [4.78, 5) is 1.34. The Morgan fingerprint density at radius 3 is 2.33 bits per heavy atom. The highest BCUT2D eigenvalue weighted by atomic mass is 32.2. The van der Waals surface area contributed by atoms with E-state index in [1.54, 1.807) is 11.8 Å². The molecule has 1 unspecified atom stereocenters. The summed E-state index contributed by atoms with van der Waals surface area (Å²) in [6, 6.07) is 8.93. The van der Waals surface area contributed by atoms with Gasteiger partial charge in [0, 0.05) is 4.90 Å². The van der Waals surface area contributed by atoms with Crippen LogP contribution in [-0.4, -0.2) is 6.26 Å². The molecular weight excluding hydrogens is 200 g/mol. The van der Waals surface area contributed by atoms with Gasteiger partial charge in [-0.25, -0.2) is 0 Å². The first-order valence-corrected chi connectivity index (χ1v) is 7.01. The number of hydrogen-bond donors (Lipinski definition) is 0. The highest BCUT2D eigenvalue weighted by Gasteiger charge is 2.22. The molecule has 1 aliphatic carbocycles. The SMILES string of the molecule is [CH2]C(c1ccc(SC)cc1)C1CCCC1. The zero-order valence-corrected chi connectivity index (χ0v) is 10.2. The van der Waals surface area contributed by atoms with Crippen molar-refractivity contribution >= 4 is 11.8 Å². The molecule has 1 aliphatic rings. The zero-order valence-electron chi connectivity index (χ0n) is 9.41. The Labute approximate surface area is 97.5 Å². The minimum Gasteiger partial charge on any atom is -0.130 e. The predicted molar refractivity (Wildman–Crippen MR) is 68.3 cm³/mol. The standard InChI is InChI=1S/C14H19S/c1-11(12-5-3-4-6-12)13-7-9-14(15-2)10-8-13/h7-12H,1,3-6H2,2H3. The summed E-state index contributed by atoms with van der Waals surface area (Å²) in [5.74, 6) is 1.33. The van der Waals surface area contributed by atoms with Gasteiger partial charge in [0.2, 0.25) is 0 Å². The van der Waals surface area contributed by atoms with Crippen molar-refractivity contribution in [2.24, 2.45) is 5.92 Å². The van der Waals surface area contributed by atoms with Crippen LogP contribution in [0, 0.1) is 12.8 Å². The molecule has 1 aromatic rings. The van der Waals surface area contributed by atoms with Crippen molar-refractivity contribution in [3.63, 3.8) is 0 Å². The van der Waals surface area contributed by atoms with Crippen molar-refractivity contribution in [2.75, 3.05) is 6.26 Å². The van der Waals surface area contributed by atoms with Crippen molar-refractivity contribution in [1.29, 1.82) is 0 Å². The van der Waals surface area contributed by atoms with E-state index in [9.17, 15) is 0 Å². The zero-order chi connectivity index (χ0) is 10.7. The van der Waals surface area contributed by atoms with Crippen LogP contribution in [0.25, 0.3) is 0 Å². The van der Waals surface area contributed by atoms with Gasteiger partial charge in [0.1, 0.15) is 0 Å². The second-order valence-electron chi connectivity index (χ2n) is 4.42. The van der Waals surface area contributed by atoms with Crippen LogP contribution < -0.4 is 0 Å². The summed E-state index contributed by atoms with van der Waals surface area (Å²) in [6.45, 7) is 4.34. The minimum absolute atomic E-state index is 0.503. The number of hydrogen-bond acceptors (Lipinski definition) is 1. The molecule has 15 heavy (non-hydrogen) atoms. The van der Waals surface area contributed by atoms with Gasteiger partial charge in [0.25, 0.3) is 0 Å². The minimum atomic E-state index is 0.503. The normalized spacial score (nSPS) is 19.3. The predicted octanol–water partition coefficient (Wildman–Crippen LogP) is 4.52. The molecule has 1 heteroatoms. The Morgan fingerprint density at radius 1 is 1.20 bits per heavy atom. The van der Waals surface area contributed by atoms with Gasteiger partial charge in [-0.1, -0.05) is 25.0 Å². The molecule has 0 heterocycles. The fourth-order valence-corrected chi connectivity index (χ4v) is 2.89. The Morgan fingerprint density at radius 2 is 1.80 bits per heavy atom. The molecule has 0 nitrogen and oxygen atoms in total. The summed E-state index contributed by atoms with van der Waals surface area (Å²) in [5.41, 5.74) is 1.42. The summed E-state index contributed by atoms with van der Waals surface area (Å²) in [6.07, 6.45) is 7.67. The maximum Gasteiger partial charge on any atom is 0.00693 e. The molecule has 1 fully saturated rings. The van der Waals surface area contributed by atoms with E-state index < -0.39 is 0 Å². The molecule has 1 radical (unpaired) electrons. The Bertz CT molecular complexity index is 296. The lowest BCUT2D eigenvalue weighted by molar-refractivity contribution is 0.491. The molecule has 0 aromatic heterocycles. The summed E-state index contributed by atoms with van der Waals surface area (Å²) in [5, 5.41) is 0. The molecule has 2 rings (SSSR count). The van der Waals surface area contributed by atoms with Crippen molar-refractivity contribution in [3.8, 4) is 0 Å². The smallest absolute Gasteiger partial charge is 0.00693 e. The number of thioether (sulfide) groups is 1. The molecule has 0 spiro atoms. The second kappa shape index (κ2) is 5.07. The first-order chi connectivity index (χ1) is 7.31. The molecule has 1 aromatic carbocycles. The third kappa shape index (κ3) is 2.57. The van der Waals surface area contributed by atoms with Crippen LogP contribution in [0.4, 0.5) is 0 Å². The van der Waals surface area contributed by atoms with Gasteiger partial charge in [-0.3, -0.25) is 0 Å². The van der Waals surface area contributed by atoms with Gasteiger partial charge in [0.15, 0.2) is 0 Å². The van der Waals surface area contributed by atoms with Crippen LogP contribution in [-0.2, 0) is 0 Å². The Hall–Kier alpha value is -0.430. The lowest BCUT2D eigenvalue weighted by Gasteiger charge is -2.19. The summed E-state index contributed by atoms with van der Waals surface area (Å²) >= 11 is 1.80. The molecule has 0 N–H and O–H groups in total. The molecular formula is C14H19S. The van der Waals surface area contributed by atoms with E-state index in [2.05, 4.69) is 37.4 Å². The van der Waals surface area contributed by atoms with Crippen molar-refractivity contribution in [2.45, 2.75) is 36.5 Å². The Kier molecular flexibility index (Phi) is 3.74. The third-order valence-corrected chi connectivity index (χ3v) is 4.26. The van der Waals surface area contributed by atoms with Gasteiger partial charge in [-0.2, -0.15) is 0 Å². The van der Waals surface area contributed by atoms with Gasteiger partial charge >= 0.3 is 0 Å². The monoisotopic (exact) mass is 219 g/mol. The number of benzene rings is 1. The van der Waals surface area contributed by atoms with Crippen LogP contribution in [0.3, 0.4) is 0 Å². The van der Waals surface area contributed by atoms with Crippen LogP contribution in [0.5, 0.6) is 0 Å². The fraction of sp³-hybridized carbons (Fsp3) is 0.500. The van der Waals surface area contributed by atoms with Crippen LogP contribution in [0.1, 0.15) is 37.2 Å². The first-order valence-electron chi connectivity index (χ1n) is 5.78. The van der Waals surface area contributed by atoms with Crippen LogP contribution in [0.15, 0.2) is 29.2 Å². The van der Waals surface area contributed by atoms with Crippen LogP contribution in [0.2, 0.25) is 0 Å². The average Bonchev–Trinajstić information content (AvgIpc) is 2.82. The van der Waals surface area contributed by atoms with E-state index in [1.165, 1.54) is 36.1 Å². The molecule has 0 saturated heterocycles. The van der Waals surface area contributed by atoms with E-state index >= 15 is 0 Å². The lowest BCUT2D eigenvalue weighted by atomic mass is 9.87. The molecule has 0 aliphatic heterocycles. The fourth-order valence-electron chi connectivity index (χ4n) is 2.48. The van der Waals surface area contributed by atoms with E-state index in [4.69, 9.17) is 0 Å². The largest absolute Gasteiger partial charge is 0.130 e. The summed E-state index contributed by atoms with van der Waals surface area (Å²) < 4.78 is 0. The maximum absolute atomic E-state index is 4.34. The quantitative estimate of drug-likeness (QED) is 0.674. The van der Waals surface area contributed by atoms with Gasteiger partial charge < -0.3 is 0 Å². The second-order valence-corrected chi connectivity index (χ2v) is 5.30. The topological polar surface area (TPSA) is 0 Å². The highest BCUT2D eigenvalue weighted by Crippen LogP contribution is 2.36. The third-order valence-electron chi connectivity index (χ3n) is 3.51. The maximum atomic E-state index is 4.34. The van der Waals surface area contributed by atoms with E-state index in [0.29, 0.717) is 5.92 Å². The van der Waals surface area contributed by atoms with E-state index in [-0.39, 0.29) is 0 Å². The van der Waals surface area contributed by atoms with Gasteiger partial charge in [0.05, 0.1) is 0 Å². The van der Waals surface area contributed by atoms with Crippen molar-refractivity contribution in [3.05, 3.63) is 36.8 Å². The number of rotatable bonds is 3. The van der Waals surface area contributed by atoms with E-state index in [1.807, 2.05) is 0 Å². The summed E-state index contributed by atoms with van der Waals surface area (Å²) in [7, 11) is 0. The molecule has 0 bridgehead atoms. The van der Waals surface area contributed by atoms with Gasteiger partial charge in [-0.15, -0.1) is 11.8 Å². The van der Waals surface area contributed by atoms with Crippen molar-refractivity contribution in [1.82, 2.24) is 0 Å². The van der Waals surface area contributed by atoms with Crippen molar-refractivity contribution < 1.29 is 0 Å².